The van der Waals surface area contributed by atoms with E-state index >= 15 is 0 Å². The Balaban J connectivity index is 1.57. The summed E-state index contributed by atoms with van der Waals surface area (Å²) in [6, 6.07) is 0.246. The van der Waals surface area contributed by atoms with Crippen molar-refractivity contribution < 1.29 is 9.53 Å². The van der Waals surface area contributed by atoms with Crippen LogP contribution in [0.15, 0.2) is 11.0 Å². The number of aromatic nitrogens is 2. The van der Waals surface area contributed by atoms with Gasteiger partial charge < -0.3 is 15.0 Å². The highest BCUT2D eigenvalue weighted by Gasteiger charge is 2.29. The number of halogens is 1. The van der Waals surface area contributed by atoms with Gasteiger partial charge in [-0.05, 0) is 12.8 Å². The minimum atomic E-state index is -0.350. The highest BCUT2D eigenvalue weighted by Crippen LogP contribution is 2.26. The molecule has 1 aromatic rings. The van der Waals surface area contributed by atoms with Crippen molar-refractivity contribution in [1.82, 2.24) is 15.1 Å². The van der Waals surface area contributed by atoms with Crippen LogP contribution in [0, 0.1) is 0 Å². The fourth-order valence-corrected chi connectivity index (χ4v) is 3.48. The summed E-state index contributed by atoms with van der Waals surface area (Å²) in [5, 5.41) is 7.06. The third-order valence-corrected chi connectivity index (χ3v) is 4.85. The van der Waals surface area contributed by atoms with E-state index in [-0.39, 0.29) is 28.8 Å². The van der Waals surface area contributed by atoms with E-state index in [0.29, 0.717) is 25.2 Å². The van der Waals surface area contributed by atoms with Crippen molar-refractivity contribution in [3.63, 3.8) is 0 Å². The first-order valence-corrected chi connectivity index (χ1v) is 8.36. The van der Waals surface area contributed by atoms with E-state index < -0.39 is 0 Å². The molecular formula is C15H21ClN4O3. The molecule has 1 amide bonds. The Labute approximate surface area is 139 Å². The summed E-state index contributed by atoms with van der Waals surface area (Å²) in [7, 11) is 1.56. The van der Waals surface area contributed by atoms with Crippen molar-refractivity contribution >= 4 is 23.4 Å². The number of rotatable bonds is 3. The quantitative estimate of drug-likeness (QED) is 0.906. The molecule has 2 heterocycles. The fourth-order valence-electron chi connectivity index (χ4n) is 3.19. The Morgan fingerprint density at radius 2 is 2.13 bits per heavy atom. The lowest BCUT2D eigenvalue weighted by Gasteiger charge is -2.20. The second-order valence-corrected chi connectivity index (χ2v) is 6.54. The van der Waals surface area contributed by atoms with E-state index in [0.717, 1.165) is 25.7 Å². The third kappa shape index (κ3) is 3.60. The number of ether oxygens (including phenoxy) is 1. The molecule has 23 heavy (non-hydrogen) atoms. The van der Waals surface area contributed by atoms with Gasteiger partial charge in [-0.25, -0.2) is 9.48 Å². The predicted octanol–water partition coefficient (Wildman–Crippen LogP) is 1.68. The van der Waals surface area contributed by atoms with Gasteiger partial charge in [-0.1, -0.05) is 24.4 Å². The van der Waals surface area contributed by atoms with Crippen LogP contribution in [0.1, 0.15) is 32.1 Å². The average molecular weight is 341 g/mol. The first kappa shape index (κ1) is 16.1. The number of amides is 1. The van der Waals surface area contributed by atoms with Crippen LogP contribution in [0.25, 0.3) is 0 Å². The fraction of sp³-hybridized carbons (Fsp3) is 0.667. The van der Waals surface area contributed by atoms with E-state index in [4.69, 9.17) is 16.3 Å². The lowest BCUT2D eigenvalue weighted by molar-refractivity contribution is 0.105. The molecule has 0 bridgehead atoms. The van der Waals surface area contributed by atoms with Gasteiger partial charge in [0, 0.05) is 26.1 Å². The molecule has 0 radical (unpaired) electrons. The van der Waals surface area contributed by atoms with Crippen molar-refractivity contribution in [3.8, 4) is 0 Å². The van der Waals surface area contributed by atoms with E-state index in [2.05, 4.69) is 10.4 Å². The van der Waals surface area contributed by atoms with Gasteiger partial charge >= 0.3 is 6.09 Å². The molecule has 1 saturated heterocycles. The molecule has 3 rings (SSSR count). The molecule has 1 aromatic heterocycles. The Hall–Kier alpha value is -1.76. The molecule has 2 aliphatic rings. The molecule has 0 spiro atoms. The smallest absolute Gasteiger partial charge is 0.407 e. The van der Waals surface area contributed by atoms with Crippen molar-refractivity contribution in [2.75, 3.05) is 18.0 Å². The number of nitrogens with zero attached hydrogens (tertiary/aromatic N) is 3. The second kappa shape index (κ2) is 6.78. The Kier molecular flexibility index (Phi) is 4.75. The Morgan fingerprint density at radius 1 is 1.39 bits per heavy atom. The minimum Gasteiger partial charge on any atom is -0.444 e. The van der Waals surface area contributed by atoms with Crippen LogP contribution in [0.5, 0.6) is 0 Å². The minimum absolute atomic E-state index is 0.151. The van der Waals surface area contributed by atoms with Gasteiger partial charge in [0.1, 0.15) is 11.1 Å². The zero-order valence-corrected chi connectivity index (χ0v) is 13.9. The molecule has 0 unspecified atom stereocenters. The summed E-state index contributed by atoms with van der Waals surface area (Å²) in [4.78, 5) is 25.7. The topological polar surface area (TPSA) is 76.5 Å². The normalized spacial score (nSPS) is 21.7. The molecule has 2 fully saturated rings. The van der Waals surface area contributed by atoms with Crippen molar-refractivity contribution in [1.29, 1.82) is 0 Å². The predicted molar refractivity (Wildman–Crippen MR) is 87.0 cm³/mol. The average Bonchev–Trinajstić information content (AvgIpc) is 3.17. The number of carbonyl (C=O) groups excluding carboxylic acids is 1. The number of nitrogens with one attached hydrogen (secondary N) is 1. The van der Waals surface area contributed by atoms with Crippen LogP contribution >= 0.6 is 11.6 Å². The number of carbonyl (C=O) groups is 1. The number of hydrogen-bond donors (Lipinski definition) is 1. The summed E-state index contributed by atoms with van der Waals surface area (Å²) in [6.45, 7) is 1.20. The summed E-state index contributed by atoms with van der Waals surface area (Å²) in [5.41, 5.74) is 0.268. The number of hydrogen-bond acceptors (Lipinski definition) is 5. The molecule has 7 nitrogen and oxygen atoms in total. The standard InChI is InChI=1S/C15H21ClN4O3/c1-19-14(21)13(16)12(8-17-19)20-7-6-11(9-20)23-15(22)18-10-4-2-3-5-10/h8,10-11H,2-7,9H2,1H3,(H,18,22)/t11-/m1/s1. The lowest BCUT2D eigenvalue weighted by Crippen LogP contribution is -2.36. The highest BCUT2D eigenvalue weighted by molar-refractivity contribution is 6.33. The first-order valence-electron chi connectivity index (χ1n) is 7.98. The summed E-state index contributed by atoms with van der Waals surface area (Å²) >= 11 is 6.11. The van der Waals surface area contributed by atoms with E-state index in [1.54, 1.807) is 13.2 Å². The van der Waals surface area contributed by atoms with E-state index in [1.165, 1.54) is 4.68 Å². The molecule has 126 valence electrons. The second-order valence-electron chi connectivity index (χ2n) is 6.16. The van der Waals surface area contributed by atoms with Crippen molar-refractivity contribution in [2.45, 2.75) is 44.2 Å². The molecule has 8 heteroatoms. The zero-order valence-electron chi connectivity index (χ0n) is 13.1. The summed E-state index contributed by atoms with van der Waals surface area (Å²) < 4.78 is 6.68. The molecule has 0 aromatic carbocycles. The number of aryl methyl sites for hydroxylation is 1. The highest BCUT2D eigenvalue weighted by atomic mass is 35.5. The maximum atomic E-state index is 11.9. The largest absolute Gasteiger partial charge is 0.444 e. The van der Waals surface area contributed by atoms with Crippen LogP contribution in [-0.2, 0) is 11.8 Å². The van der Waals surface area contributed by atoms with Gasteiger partial charge in [-0.15, -0.1) is 0 Å². The van der Waals surface area contributed by atoms with Crippen molar-refractivity contribution in [3.05, 3.63) is 21.6 Å². The summed E-state index contributed by atoms with van der Waals surface area (Å²) in [5.74, 6) is 0. The van der Waals surface area contributed by atoms with Crippen LogP contribution in [0.3, 0.4) is 0 Å². The first-order chi connectivity index (χ1) is 11.0. The molecular weight excluding hydrogens is 320 g/mol. The lowest BCUT2D eigenvalue weighted by atomic mass is 10.3. The molecule has 1 N–H and O–H groups in total. The monoisotopic (exact) mass is 340 g/mol. The van der Waals surface area contributed by atoms with Crippen molar-refractivity contribution in [2.24, 2.45) is 7.05 Å². The van der Waals surface area contributed by atoms with Gasteiger partial charge in [0.15, 0.2) is 0 Å². The SMILES string of the molecule is Cn1ncc(N2CC[C@@H](OC(=O)NC3CCCC3)C2)c(Cl)c1=O. The van der Waals surface area contributed by atoms with Crippen LogP contribution < -0.4 is 15.8 Å². The van der Waals surface area contributed by atoms with Gasteiger partial charge in [0.05, 0.1) is 18.4 Å². The zero-order chi connectivity index (χ0) is 16.4. The van der Waals surface area contributed by atoms with Crippen LogP contribution in [0.2, 0.25) is 5.02 Å². The van der Waals surface area contributed by atoms with Crippen LogP contribution in [-0.4, -0.2) is 41.1 Å². The molecule has 1 aliphatic carbocycles. The van der Waals surface area contributed by atoms with Gasteiger partial charge in [0.25, 0.3) is 5.56 Å². The van der Waals surface area contributed by atoms with Gasteiger partial charge in [-0.3, -0.25) is 4.79 Å². The van der Waals surface area contributed by atoms with E-state index in [1.807, 2.05) is 4.90 Å². The third-order valence-electron chi connectivity index (χ3n) is 4.50. The van der Waals surface area contributed by atoms with E-state index in [9.17, 15) is 9.59 Å². The maximum Gasteiger partial charge on any atom is 0.407 e. The van der Waals surface area contributed by atoms with Crippen LogP contribution in [0.4, 0.5) is 10.5 Å². The summed E-state index contributed by atoms with van der Waals surface area (Å²) in [6.07, 6.45) is 6.12. The number of alkyl carbamates (subject to hydrolysis) is 1. The Bertz CT molecular complexity index is 642. The van der Waals surface area contributed by atoms with Gasteiger partial charge in [-0.2, -0.15) is 5.10 Å². The maximum absolute atomic E-state index is 11.9. The number of anilines is 1. The molecule has 1 saturated carbocycles. The Morgan fingerprint density at radius 3 is 2.87 bits per heavy atom. The molecule has 1 aliphatic heterocycles. The van der Waals surface area contributed by atoms with Gasteiger partial charge in [0.2, 0.25) is 0 Å². The molecule has 1 atom stereocenters.